The van der Waals surface area contributed by atoms with Crippen molar-refractivity contribution in [3.05, 3.63) is 187 Å². The zero-order chi connectivity index (χ0) is 41.6. The lowest BCUT2D eigenvalue weighted by Crippen LogP contribution is -2.57. The van der Waals surface area contributed by atoms with E-state index in [1.165, 1.54) is 66.1 Å². The number of benzene rings is 9. The van der Waals surface area contributed by atoms with Gasteiger partial charge in [0.05, 0.1) is 0 Å². The summed E-state index contributed by atoms with van der Waals surface area (Å²) in [5.74, 6) is 3.45. The highest BCUT2D eigenvalue weighted by molar-refractivity contribution is 6.98. The second-order valence-corrected chi connectivity index (χ2v) is 18.9. The average Bonchev–Trinajstić information content (AvgIpc) is 3.27. The summed E-state index contributed by atoms with van der Waals surface area (Å²) in [4.78, 5) is 0. The molecule has 0 bridgehead atoms. The Hall–Kier alpha value is -6.84. The van der Waals surface area contributed by atoms with Crippen molar-refractivity contribution < 1.29 is 9.47 Å². The predicted molar refractivity (Wildman–Crippen MR) is 258 cm³/mol. The van der Waals surface area contributed by atoms with Crippen molar-refractivity contribution in [3.8, 4) is 67.5 Å². The van der Waals surface area contributed by atoms with E-state index in [1.54, 1.807) is 0 Å². The first-order valence-electron chi connectivity index (χ1n) is 21.5. The van der Waals surface area contributed by atoms with Gasteiger partial charge in [0, 0.05) is 5.46 Å². The molecule has 294 valence electrons. The summed E-state index contributed by atoms with van der Waals surface area (Å²) in [6.07, 6.45) is 0. The van der Waals surface area contributed by atoms with Crippen LogP contribution >= 0.6 is 0 Å². The molecular formula is C58H47BO2. The van der Waals surface area contributed by atoms with Crippen LogP contribution in [-0.4, -0.2) is 6.71 Å². The van der Waals surface area contributed by atoms with Crippen LogP contribution in [-0.2, 0) is 10.8 Å². The zero-order valence-corrected chi connectivity index (χ0v) is 35.6. The van der Waals surface area contributed by atoms with Crippen molar-refractivity contribution in [2.45, 2.75) is 52.4 Å². The van der Waals surface area contributed by atoms with E-state index in [0.29, 0.717) is 0 Å². The maximum absolute atomic E-state index is 6.83. The third-order valence-electron chi connectivity index (χ3n) is 12.8. The Labute approximate surface area is 359 Å². The van der Waals surface area contributed by atoms with Crippen molar-refractivity contribution in [2.24, 2.45) is 0 Å². The van der Waals surface area contributed by atoms with Crippen LogP contribution in [0, 0.1) is 0 Å². The number of hydrogen-bond donors (Lipinski definition) is 0. The van der Waals surface area contributed by atoms with Crippen molar-refractivity contribution in [1.82, 2.24) is 0 Å². The highest BCUT2D eigenvalue weighted by atomic mass is 16.5. The molecule has 0 unspecified atom stereocenters. The Balaban J connectivity index is 1.21. The predicted octanol–water partition coefficient (Wildman–Crippen LogP) is 14.0. The van der Waals surface area contributed by atoms with Gasteiger partial charge in [0.25, 0.3) is 6.71 Å². The minimum atomic E-state index is -0.0327. The highest BCUT2D eigenvalue weighted by Gasteiger charge is 2.40. The highest BCUT2D eigenvalue weighted by Crippen LogP contribution is 2.47. The van der Waals surface area contributed by atoms with Gasteiger partial charge in [-0.15, -0.1) is 0 Å². The first kappa shape index (κ1) is 37.2. The minimum absolute atomic E-state index is 0.0210. The van der Waals surface area contributed by atoms with Gasteiger partial charge in [-0.25, -0.2) is 0 Å². The van der Waals surface area contributed by atoms with Crippen LogP contribution < -0.4 is 25.9 Å². The molecule has 0 atom stereocenters. The number of rotatable bonds is 4. The summed E-state index contributed by atoms with van der Waals surface area (Å²) in [6.45, 7) is 13.9. The van der Waals surface area contributed by atoms with E-state index in [9.17, 15) is 0 Å². The fraction of sp³-hybridized carbons (Fsp3) is 0.138. The second-order valence-electron chi connectivity index (χ2n) is 18.9. The van der Waals surface area contributed by atoms with E-state index < -0.39 is 0 Å². The van der Waals surface area contributed by atoms with Crippen molar-refractivity contribution >= 4 is 44.6 Å². The van der Waals surface area contributed by atoms with Crippen LogP contribution in [0.2, 0.25) is 0 Å². The molecule has 2 nitrogen and oxygen atoms in total. The summed E-state index contributed by atoms with van der Waals surface area (Å²) >= 11 is 0. The topological polar surface area (TPSA) is 18.5 Å². The van der Waals surface area contributed by atoms with Crippen molar-refractivity contribution in [3.63, 3.8) is 0 Å². The number of fused-ring (bicyclic) bond motifs is 6. The van der Waals surface area contributed by atoms with E-state index in [-0.39, 0.29) is 17.5 Å². The SMILES string of the molecule is CC(C)(C)c1cc(-c2cc(-c3cc4c5c(c3)Oc3ccccc3B5c3ccccc3O4)cc(-c3c4ccccc4c(-c4ccccc4)c4ccccc34)c2)cc(C(C)(C)C)c1. The largest absolute Gasteiger partial charge is 0.458 e. The Morgan fingerprint density at radius 1 is 0.328 bits per heavy atom. The Kier molecular flexibility index (Phi) is 8.45. The Morgan fingerprint density at radius 3 is 1.18 bits per heavy atom. The maximum Gasteiger partial charge on any atom is 0.260 e. The molecule has 0 aliphatic carbocycles. The molecule has 0 amide bonds. The van der Waals surface area contributed by atoms with Gasteiger partial charge in [0.15, 0.2) is 0 Å². The van der Waals surface area contributed by atoms with Gasteiger partial charge in [-0.05, 0) is 141 Å². The number of hydrogen-bond acceptors (Lipinski definition) is 2. The van der Waals surface area contributed by atoms with Gasteiger partial charge in [0.1, 0.15) is 23.0 Å². The molecule has 0 aromatic heterocycles. The lowest BCUT2D eigenvalue weighted by molar-refractivity contribution is 0.465. The molecule has 0 saturated carbocycles. The normalized spacial score (nSPS) is 13.0. The fourth-order valence-corrected chi connectivity index (χ4v) is 9.68. The third kappa shape index (κ3) is 6.26. The smallest absolute Gasteiger partial charge is 0.260 e. The molecule has 2 heterocycles. The molecule has 0 N–H and O–H groups in total. The van der Waals surface area contributed by atoms with E-state index in [2.05, 4.69) is 217 Å². The van der Waals surface area contributed by atoms with Crippen LogP contribution in [0.3, 0.4) is 0 Å². The van der Waals surface area contributed by atoms with E-state index in [1.807, 2.05) is 0 Å². The minimum Gasteiger partial charge on any atom is -0.458 e. The molecule has 11 rings (SSSR count). The zero-order valence-electron chi connectivity index (χ0n) is 35.6. The number of ether oxygens (including phenoxy) is 2. The summed E-state index contributed by atoms with van der Waals surface area (Å²) < 4.78 is 13.7. The first-order chi connectivity index (χ1) is 29.5. The van der Waals surface area contributed by atoms with Gasteiger partial charge in [-0.2, -0.15) is 0 Å². The Bertz CT molecular complexity index is 3060. The maximum atomic E-state index is 6.83. The lowest BCUT2D eigenvalue weighted by Gasteiger charge is -2.33. The van der Waals surface area contributed by atoms with Crippen LogP contribution in [0.1, 0.15) is 52.7 Å². The van der Waals surface area contributed by atoms with E-state index in [4.69, 9.17) is 9.47 Å². The summed E-state index contributed by atoms with van der Waals surface area (Å²) in [7, 11) is 0. The molecule has 3 heteroatoms. The van der Waals surface area contributed by atoms with Gasteiger partial charge in [-0.3, -0.25) is 0 Å². The van der Waals surface area contributed by atoms with Gasteiger partial charge >= 0.3 is 0 Å². The van der Waals surface area contributed by atoms with Crippen LogP contribution in [0.4, 0.5) is 0 Å². The third-order valence-corrected chi connectivity index (χ3v) is 12.8. The van der Waals surface area contributed by atoms with Crippen molar-refractivity contribution in [1.29, 1.82) is 0 Å². The summed E-state index contributed by atoms with van der Waals surface area (Å²) in [6, 6.07) is 64.5. The first-order valence-corrected chi connectivity index (χ1v) is 21.5. The second kappa shape index (κ2) is 13.9. The standard InChI is InChI=1S/C58H47BO2/c1-57(2,3)42-31-39(32-43(35-42)58(4,5)6)37-28-38(40-33-52-56-53(34-40)61-51-27-17-15-25-49(51)59(56)48-24-14-16-26-50(48)60-52)30-41(29-37)55-46-22-12-10-20-44(46)54(36-18-8-7-9-19-36)45-21-11-13-23-47(45)55/h7-35H,1-6H3. The number of para-hydroxylation sites is 2. The lowest BCUT2D eigenvalue weighted by atomic mass is 9.35. The molecule has 9 aromatic rings. The fourth-order valence-electron chi connectivity index (χ4n) is 9.68. The van der Waals surface area contributed by atoms with Crippen LogP contribution in [0.5, 0.6) is 23.0 Å². The van der Waals surface area contributed by atoms with Crippen molar-refractivity contribution in [2.75, 3.05) is 0 Å². The summed E-state index contributed by atoms with van der Waals surface area (Å²) in [5.41, 5.74) is 15.4. The molecular weight excluding hydrogens is 739 g/mol. The van der Waals surface area contributed by atoms with Gasteiger partial charge in [-0.1, -0.05) is 175 Å². The van der Waals surface area contributed by atoms with Gasteiger partial charge < -0.3 is 9.47 Å². The molecule has 61 heavy (non-hydrogen) atoms. The summed E-state index contributed by atoms with van der Waals surface area (Å²) in [5, 5.41) is 4.93. The monoisotopic (exact) mass is 786 g/mol. The quantitative estimate of drug-likeness (QED) is 0.131. The molecule has 2 aliphatic rings. The van der Waals surface area contributed by atoms with Gasteiger partial charge in [0.2, 0.25) is 0 Å². The van der Waals surface area contributed by atoms with E-state index >= 15 is 0 Å². The molecule has 0 spiro atoms. The molecule has 0 fully saturated rings. The molecule has 2 aliphatic heterocycles. The van der Waals surface area contributed by atoms with Crippen LogP contribution in [0.25, 0.3) is 66.1 Å². The molecule has 0 radical (unpaired) electrons. The molecule has 9 aromatic carbocycles. The molecule has 0 saturated heterocycles. The average molecular weight is 787 g/mol. The van der Waals surface area contributed by atoms with E-state index in [0.717, 1.165) is 50.5 Å². The Morgan fingerprint density at radius 2 is 0.705 bits per heavy atom. The van der Waals surface area contributed by atoms with Crippen LogP contribution in [0.15, 0.2) is 176 Å².